The number of unbranched alkanes of at least 4 members (excludes halogenated alkanes) is 1. The summed E-state index contributed by atoms with van der Waals surface area (Å²) >= 11 is 0. The highest BCUT2D eigenvalue weighted by Crippen LogP contribution is 2.15. The summed E-state index contributed by atoms with van der Waals surface area (Å²) in [5.41, 5.74) is 7.55. The molecule has 0 amide bonds. The van der Waals surface area contributed by atoms with Gasteiger partial charge in [0.15, 0.2) is 0 Å². The maximum absolute atomic E-state index is 5.69. The molecule has 0 radical (unpaired) electrons. The minimum absolute atomic E-state index is 0.734. The van der Waals surface area contributed by atoms with Crippen LogP contribution < -0.4 is 10.6 Å². The number of aromatic nitrogens is 1. The quantitative estimate of drug-likeness (QED) is 0.780. The number of nitrogen functional groups attached to an aromatic ring is 1. The van der Waals surface area contributed by atoms with Gasteiger partial charge in [0, 0.05) is 19.3 Å². The van der Waals surface area contributed by atoms with Gasteiger partial charge >= 0.3 is 0 Å². The Hall–Kier alpha value is -1.25. The zero-order chi connectivity index (χ0) is 10.4. The SMILES string of the molecule is CCCCN(CC)c1cncc(N)c1. The van der Waals surface area contributed by atoms with E-state index in [4.69, 9.17) is 5.73 Å². The van der Waals surface area contributed by atoms with E-state index in [-0.39, 0.29) is 0 Å². The van der Waals surface area contributed by atoms with Crippen molar-refractivity contribution < 1.29 is 0 Å². The smallest absolute Gasteiger partial charge is 0.0573 e. The Morgan fingerprint density at radius 3 is 2.71 bits per heavy atom. The van der Waals surface area contributed by atoms with E-state index in [0.717, 1.165) is 24.5 Å². The van der Waals surface area contributed by atoms with Gasteiger partial charge in [0.05, 0.1) is 17.6 Å². The van der Waals surface area contributed by atoms with E-state index in [2.05, 4.69) is 23.7 Å². The molecule has 0 aliphatic rings. The van der Waals surface area contributed by atoms with Crippen molar-refractivity contribution in [2.24, 2.45) is 0 Å². The van der Waals surface area contributed by atoms with Gasteiger partial charge in [0.2, 0.25) is 0 Å². The third-order valence-corrected chi connectivity index (χ3v) is 2.27. The van der Waals surface area contributed by atoms with Crippen molar-refractivity contribution in [2.75, 3.05) is 23.7 Å². The van der Waals surface area contributed by atoms with Crippen LogP contribution in [0, 0.1) is 0 Å². The summed E-state index contributed by atoms with van der Waals surface area (Å²) in [7, 11) is 0. The van der Waals surface area contributed by atoms with Crippen molar-refractivity contribution in [1.29, 1.82) is 0 Å². The van der Waals surface area contributed by atoms with Crippen LogP contribution >= 0.6 is 0 Å². The van der Waals surface area contributed by atoms with Crippen LogP contribution in [0.15, 0.2) is 18.5 Å². The monoisotopic (exact) mass is 193 g/mol. The molecule has 14 heavy (non-hydrogen) atoms. The minimum atomic E-state index is 0.734. The number of rotatable bonds is 5. The summed E-state index contributed by atoms with van der Waals surface area (Å²) in [5.74, 6) is 0. The highest BCUT2D eigenvalue weighted by atomic mass is 15.1. The van der Waals surface area contributed by atoms with Crippen LogP contribution in [-0.4, -0.2) is 18.1 Å². The average Bonchev–Trinajstić information content (AvgIpc) is 2.19. The Labute approximate surface area is 85.9 Å². The predicted molar refractivity (Wildman–Crippen MR) is 61.4 cm³/mol. The Morgan fingerprint density at radius 2 is 2.14 bits per heavy atom. The first-order valence-electron chi connectivity index (χ1n) is 5.23. The van der Waals surface area contributed by atoms with Gasteiger partial charge in [-0.25, -0.2) is 0 Å². The van der Waals surface area contributed by atoms with Crippen molar-refractivity contribution >= 4 is 11.4 Å². The fraction of sp³-hybridized carbons (Fsp3) is 0.545. The fourth-order valence-corrected chi connectivity index (χ4v) is 1.44. The molecule has 0 aliphatic carbocycles. The molecule has 2 N–H and O–H groups in total. The summed E-state index contributed by atoms with van der Waals surface area (Å²) in [6, 6.07) is 1.98. The van der Waals surface area contributed by atoms with Gasteiger partial charge in [-0.15, -0.1) is 0 Å². The molecule has 0 spiro atoms. The molecule has 1 heterocycles. The molecular formula is C11H19N3. The van der Waals surface area contributed by atoms with Crippen molar-refractivity contribution in [3.63, 3.8) is 0 Å². The zero-order valence-electron chi connectivity index (χ0n) is 9.03. The Morgan fingerprint density at radius 1 is 1.36 bits per heavy atom. The van der Waals surface area contributed by atoms with Gasteiger partial charge in [-0.1, -0.05) is 13.3 Å². The van der Waals surface area contributed by atoms with Crippen molar-refractivity contribution in [1.82, 2.24) is 4.98 Å². The predicted octanol–water partition coefficient (Wildman–Crippen LogP) is 2.29. The molecule has 0 saturated carbocycles. The first-order valence-corrected chi connectivity index (χ1v) is 5.23. The molecule has 0 aromatic carbocycles. The van der Waals surface area contributed by atoms with Gasteiger partial charge in [-0.05, 0) is 19.4 Å². The van der Waals surface area contributed by atoms with E-state index in [1.165, 1.54) is 12.8 Å². The summed E-state index contributed by atoms with van der Waals surface area (Å²) < 4.78 is 0. The number of pyridine rings is 1. The van der Waals surface area contributed by atoms with Crippen molar-refractivity contribution in [3.8, 4) is 0 Å². The summed E-state index contributed by atoms with van der Waals surface area (Å²) in [5, 5.41) is 0. The molecule has 3 heteroatoms. The van der Waals surface area contributed by atoms with Gasteiger partial charge in [-0.3, -0.25) is 4.98 Å². The van der Waals surface area contributed by atoms with Gasteiger partial charge in [0.25, 0.3) is 0 Å². The second-order valence-electron chi connectivity index (χ2n) is 3.41. The molecule has 1 aromatic heterocycles. The average molecular weight is 193 g/mol. The van der Waals surface area contributed by atoms with E-state index in [1.807, 2.05) is 12.3 Å². The molecule has 0 saturated heterocycles. The number of nitrogens with two attached hydrogens (primary N) is 1. The molecule has 1 aromatic rings. The molecule has 3 nitrogen and oxygen atoms in total. The maximum atomic E-state index is 5.69. The van der Waals surface area contributed by atoms with Gasteiger partial charge < -0.3 is 10.6 Å². The lowest BCUT2D eigenvalue weighted by atomic mass is 10.3. The number of hydrogen-bond acceptors (Lipinski definition) is 3. The number of nitrogens with zero attached hydrogens (tertiary/aromatic N) is 2. The fourth-order valence-electron chi connectivity index (χ4n) is 1.44. The normalized spacial score (nSPS) is 10.1. The lowest BCUT2D eigenvalue weighted by Gasteiger charge is -2.22. The topological polar surface area (TPSA) is 42.2 Å². The Bertz CT molecular complexity index is 273. The van der Waals surface area contributed by atoms with E-state index < -0.39 is 0 Å². The lowest BCUT2D eigenvalue weighted by molar-refractivity contribution is 0.731. The maximum Gasteiger partial charge on any atom is 0.0573 e. The summed E-state index contributed by atoms with van der Waals surface area (Å²) in [6.07, 6.45) is 5.97. The van der Waals surface area contributed by atoms with E-state index >= 15 is 0 Å². The number of hydrogen-bond donors (Lipinski definition) is 1. The molecule has 0 bridgehead atoms. The van der Waals surface area contributed by atoms with Crippen LogP contribution in [0.1, 0.15) is 26.7 Å². The first-order chi connectivity index (χ1) is 6.77. The Kier molecular flexibility index (Phi) is 4.23. The molecule has 0 unspecified atom stereocenters. The van der Waals surface area contributed by atoms with Crippen LogP contribution in [0.2, 0.25) is 0 Å². The summed E-state index contributed by atoms with van der Waals surface area (Å²) in [4.78, 5) is 6.39. The second-order valence-corrected chi connectivity index (χ2v) is 3.41. The molecule has 0 fully saturated rings. The highest BCUT2D eigenvalue weighted by Gasteiger charge is 2.03. The minimum Gasteiger partial charge on any atom is -0.397 e. The molecular weight excluding hydrogens is 174 g/mol. The Balaban J connectivity index is 2.68. The standard InChI is InChI=1S/C11H19N3/c1-3-5-6-14(4-2)11-7-10(12)8-13-9-11/h7-9H,3-6,12H2,1-2H3. The third kappa shape index (κ3) is 2.91. The van der Waals surface area contributed by atoms with Crippen LogP contribution in [0.5, 0.6) is 0 Å². The van der Waals surface area contributed by atoms with Crippen LogP contribution in [0.4, 0.5) is 11.4 Å². The molecule has 1 rings (SSSR count). The summed E-state index contributed by atoms with van der Waals surface area (Å²) in [6.45, 7) is 6.44. The van der Waals surface area contributed by atoms with Crippen LogP contribution in [0.3, 0.4) is 0 Å². The number of anilines is 2. The molecule has 0 atom stereocenters. The zero-order valence-corrected chi connectivity index (χ0v) is 9.03. The lowest BCUT2D eigenvalue weighted by Crippen LogP contribution is -2.23. The highest BCUT2D eigenvalue weighted by molar-refractivity contribution is 5.53. The largest absolute Gasteiger partial charge is 0.397 e. The van der Waals surface area contributed by atoms with Crippen LogP contribution in [0.25, 0.3) is 0 Å². The van der Waals surface area contributed by atoms with E-state index in [0.29, 0.717) is 0 Å². The third-order valence-electron chi connectivity index (χ3n) is 2.27. The van der Waals surface area contributed by atoms with Gasteiger partial charge in [0.1, 0.15) is 0 Å². The molecule has 78 valence electrons. The first kappa shape index (κ1) is 10.8. The van der Waals surface area contributed by atoms with E-state index in [9.17, 15) is 0 Å². The van der Waals surface area contributed by atoms with Crippen LogP contribution in [-0.2, 0) is 0 Å². The second kappa shape index (κ2) is 5.47. The van der Waals surface area contributed by atoms with Crippen molar-refractivity contribution in [3.05, 3.63) is 18.5 Å². The van der Waals surface area contributed by atoms with E-state index in [1.54, 1.807) is 6.20 Å². The molecule has 0 aliphatic heterocycles. The van der Waals surface area contributed by atoms with Crippen molar-refractivity contribution in [2.45, 2.75) is 26.7 Å². The van der Waals surface area contributed by atoms with Gasteiger partial charge in [-0.2, -0.15) is 0 Å².